The third kappa shape index (κ3) is 5.43. The molecule has 3 aromatic heterocycles. The Hall–Kier alpha value is -5.49. The zero-order valence-electron chi connectivity index (χ0n) is 23.1. The van der Waals surface area contributed by atoms with Gasteiger partial charge in [-0.2, -0.15) is 0 Å². The molecule has 0 aliphatic carbocycles. The molecule has 3 N–H and O–H groups in total. The SMILES string of the molecule is c1ccc2c(NCc3cc(CNc4ccnc5ccccc45)cc(CNc4ccnc5ccccc45)c3)ccnc2c1. The van der Waals surface area contributed by atoms with Gasteiger partial charge in [0.15, 0.2) is 0 Å². The lowest BCUT2D eigenvalue weighted by Crippen LogP contribution is -2.07. The molecule has 0 aliphatic heterocycles. The van der Waals surface area contributed by atoms with E-state index in [1.54, 1.807) is 0 Å². The molecule has 0 amide bonds. The smallest absolute Gasteiger partial charge is 0.0722 e. The van der Waals surface area contributed by atoms with Crippen LogP contribution in [0.5, 0.6) is 0 Å². The Bertz CT molecular complexity index is 1760. The van der Waals surface area contributed by atoms with Crippen molar-refractivity contribution in [2.24, 2.45) is 0 Å². The number of aromatic nitrogens is 3. The van der Waals surface area contributed by atoms with E-state index in [2.05, 4.69) is 85.5 Å². The van der Waals surface area contributed by atoms with Crippen LogP contribution in [0.3, 0.4) is 0 Å². The highest BCUT2D eigenvalue weighted by atomic mass is 14.9. The number of pyridine rings is 3. The lowest BCUT2D eigenvalue weighted by atomic mass is 10.0. The summed E-state index contributed by atoms with van der Waals surface area (Å²) in [4.78, 5) is 13.5. The largest absolute Gasteiger partial charge is 0.380 e. The van der Waals surface area contributed by atoms with E-state index in [1.807, 2.05) is 73.2 Å². The highest BCUT2D eigenvalue weighted by Crippen LogP contribution is 2.25. The maximum absolute atomic E-state index is 4.51. The summed E-state index contributed by atoms with van der Waals surface area (Å²) in [6.45, 7) is 2.10. The summed E-state index contributed by atoms with van der Waals surface area (Å²) in [6, 6.07) is 37.6. The van der Waals surface area contributed by atoms with Crippen molar-refractivity contribution in [1.82, 2.24) is 15.0 Å². The fraction of sp³-hybridized carbons (Fsp3) is 0.0833. The summed E-state index contributed by atoms with van der Waals surface area (Å²) in [7, 11) is 0. The van der Waals surface area contributed by atoms with Gasteiger partial charge in [-0.3, -0.25) is 15.0 Å². The number of hydrogen-bond donors (Lipinski definition) is 3. The molecule has 0 saturated carbocycles. The Morgan fingerprint density at radius 1 is 0.381 bits per heavy atom. The molecule has 0 aliphatic rings. The van der Waals surface area contributed by atoms with E-state index in [0.717, 1.165) is 49.8 Å². The molecule has 3 heterocycles. The fourth-order valence-corrected chi connectivity index (χ4v) is 5.49. The van der Waals surface area contributed by atoms with Crippen LogP contribution in [0.1, 0.15) is 16.7 Å². The average molecular weight is 547 g/mol. The van der Waals surface area contributed by atoms with Crippen LogP contribution in [0.25, 0.3) is 32.7 Å². The predicted molar refractivity (Wildman–Crippen MR) is 174 cm³/mol. The number of fused-ring (bicyclic) bond motifs is 3. The summed E-state index contributed by atoms with van der Waals surface area (Å²) in [6.07, 6.45) is 5.58. The summed E-state index contributed by atoms with van der Waals surface area (Å²) < 4.78 is 0. The molecule has 6 nitrogen and oxygen atoms in total. The zero-order chi connectivity index (χ0) is 28.1. The van der Waals surface area contributed by atoms with Crippen LogP contribution in [0.15, 0.2) is 128 Å². The van der Waals surface area contributed by atoms with Crippen molar-refractivity contribution in [2.75, 3.05) is 16.0 Å². The maximum atomic E-state index is 4.51. The van der Waals surface area contributed by atoms with Gasteiger partial charge in [0.2, 0.25) is 0 Å². The van der Waals surface area contributed by atoms with Crippen LogP contribution in [0.2, 0.25) is 0 Å². The van der Waals surface area contributed by atoms with Gasteiger partial charge in [0.1, 0.15) is 0 Å². The molecule has 6 heteroatoms. The minimum atomic E-state index is 0.700. The monoisotopic (exact) mass is 546 g/mol. The van der Waals surface area contributed by atoms with E-state index in [4.69, 9.17) is 0 Å². The third-order valence-corrected chi connectivity index (χ3v) is 7.51. The normalized spacial score (nSPS) is 11.1. The van der Waals surface area contributed by atoms with Gasteiger partial charge >= 0.3 is 0 Å². The van der Waals surface area contributed by atoms with E-state index in [-0.39, 0.29) is 0 Å². The zero-order valence-corrected chi connectivity index (χ0v) is 23.1. The molecule has 0 atom stereocenters. The lowest BCUT2D eigenvalue weighted by molar-refractivity contribution is 1.06. The molecule has 0 radical (unpaired) electrons. The molecule has 42 heavy (non-hydrogen) atoms. The van der Waals surface area contributed by atoms with Gasteiger partial charge in [-0.15, -0.1) is 0 Å². The molecule has 4 aromatic carbocycles. The summed E-state index contributed by atoms with van der Waals surface area (Å²) >= 11 is 0. The standard InChI is InChI=1S/C36H30N6/c1-4-10-31-28(7-1)34(13-16-37-31)40-22-25-19-26(23-41-35-14-17-38-32-11-5-2-8-29(32)35)21-27(20-25)24-42-36-15-18-39-33-12-6-3-9-30(33)36/h1-21H,22-24H2,(H,37,40)(H,38,41)(H,39,42). The topological polar surface area (TPSA) is 74.8 Å². The van der Waals surface area contributed by atoms with E-state index in [0.29, 0.717) is 19.6 Å². The van der Waals surface area contributed by atoms with Crippen molar-refractivity contribution in [3.63, 3.8) is 0 Å². The van der Waals surface area contributed by atoms with Crippen LogP contribution < -0.4 is 16.0 Å². The molecule has 0 fully saturated rings. The van der Waals surface area contributed by atoms with Crippen molar-refractivity contribution < 1.29 is 0 Å². The molecule has 0 unspecified atom stereocenters. The van der Waals surface area contributed by atoms with Gasteiger partial charge < -0.3 is 16.0 Å². The van der Waals surface area contributed by atoms with E-state index >= 15 is 0 Å². The van der Waals surface area contributed by atoms with Crippen molar-refractivity contribution in [2.45, 2.75) is 19.6 Å². The van der Waals surface area contributed by atoms with Gasteiger partial charge in [0.05, 0.1) is 16.6 Å². The Kier molecular flexibility index (Phi) is 7.01. The van der Waals surface area contributed by atoms with Crippen molar-refractivity contribution in [1.29, 1.82) is 0 Å². The Balaban J connectivity index is 1.16. The minimum absolute atomic E-state index is 0.700. The number of benzene rings is 4. The van der Waals surface area contributed by atoms with Crippen LogP contribution in [0.4, 0.5) is 17.1 Å². The quantitative estimate of drug-likeness (QED) is 0.170. The highest BCUT2D eigenvalue weighted by Gasteiger charge is 2.08. The first-order valence-corrected chi connectivity index (χ1v) is 14.1. The summed E-state index contributed by atoms with van der Waals surface area (Å²) in [5, 5.41) is 14.3. The number of hydrogen-bond acceptors (Lipinski definition) is 6. The number of nitrogens with one attached hydrogen (secondary N) is 3. The van der Waals surface area contributed by atoms with Crippen LogP contribution in [0, 0.1) is 0 Å². The van der Waals surface area contributed by atoms with E-state index in [9.17, 15) is 0 Å². The summed E-state index contributed by atoms with van der Waals surface area (Å²) in [5.41, 5.74) is 9.84. The summed E-state index contributed by atoms with van der Waals surface area (Å²) in [5.74, 6) is 0. The molecule has 0 spiro atoms. The van der Waals surface area contributed by atoms with Gasteiger partial charge in [0, 0.05) is 71.4 Å². The average Bonchev–Trinajstić information content (AvgIpc) is 3.05. The van der Waals surface area contributed by atoms with Crippen LogP contribution in [-0.2, 0) is 19.6 Å². The number of anilines is 3. The molecule has 0 bridgehead atoms. The first kappa shape index (κ1) is 25.5. The maximum Gasteiger partial charge on any atom is 0.0722 e. The van der Waals surface area contributed by atoms with Gasteiger partial charge in [-0.1, -0.05) is 72.8 Å². The molecule has 7 aromatic rings. The molecule has 7 rings (SSSR count). The molecular weight excluding hydrogens is 516 g/mol. The number of rotatable bonds is 9. The lowest BCUT2D eigenvalue weighted by Gasteiger charge is -2.15. The molecule has 0 saturated heterocycles. The van der Waals surface area contributed by atoms with Crippen LogP contribution in [-0.4, -0.2) is 15.0 Å². The van der Waals surface area contributed by atoms with Crippen LogP contribution >= 0.6 is 0 Å². The minimum Gasteiger partial charge on any atom is -0.380 e. The second kappa shape index (κ2) is 11.6. The second-order valence-electron chi connectivity index (χ2n) is 10.3. The third-order valence-electron chi connectivity index (χ3n) is 7.51. The van der Waals surface area contributed by atoms with Gasteiger partial charge in [0.25, 0.3) is 0 Å². The first-order chi connectivity index (χ1) is 20.8. The van der Waals surface area contributed by atoms with Gasteiger partial charge in [-0.25, -0.2) is 0 Å². The van der Waals surface area contributed by atoms with E-state index < -0.39 is 0 Å². The number of nitrogens with zero attached hydrogens (tertiary/aromatic N) is 3. The fourth-order valence-electron chi connectivity index (χ4n) is 5.49. The molecular formula is C36H30N6. The van der Waals surface area contributed by atoms with Crippen molar-refractivity contribution >= 4 is 49.8 Å². The highest BCUT2D eigenvalue weighted by molar-refractivity contribution is 5.92. The van der Waals surface area contributed by atoms with Crippen molar-refractivity contribution in [3.05, 3.63) is 144 Å². The first-order valence-electron chi connectivity index (χ1n) is 14.1. The molecule has 204 valence electrons. The van der Waals surface area contributed by atoms with E-state index in [1.165, 1.54) is 16.7 Å². The second-order valence-corrected chi connectivity index (χ2v) is 10.3. The predicted octanol–water partition coefficient (Wildman–Crippen LogP) is 8.17. The Morgan fingerprint density at radius 2 is 0.690 bits per heavy atom. The van der Waals surface area contributed by atoms with Crippen molar-refractivity contribution in [3.8, 4) is 0 Å². The Morgan fingerprint density at radius 3 is 1.02 bits per heavy atom. The Labute approximate surface area is 244 Å². The number of para-hydroxylation sites is 3. The van der Waals surface area contributed by atoms with Gasteiger partial charge in [-0.05, 0) is 53.1 Å².